The van der Waals surface area contributed by atoms with Crippen molar-refractivity contribution in [2.75, 3.05) is 18.4 Å². The number of halogens is 1. The first-order valence-corrected chi connectivity index (χ1v) is 9.49. The van der Waals surface area contributed by atoms with Crippen molar-refractivity contribution in [2.45, 2.75) is 25.8 Å². The number of nitrogens with zero attached hydrogens (tertiary/aromatic N) is 1. The smallest absolute Gasteiger partial charge is 0.246 e. The van der Waals surface area contributed by atoms with E-state index in [0.29, 0.717) is 36.6 Å². The zero-order valence-electron chi connectivity index (χ0n) is 15.3. The van der Waals surface area contributed by atoms with E-state index in [1.165, 1.54) is 0 Å². The van der Waals surface area contributed by atoms with Gasteiger partial charge < -0.3 is 11.1 Å². The number of rotatable bonds is 5. The number of primary amides is 1. The summed E-state index contributed by atoms with van der Waals surface area (Å²) in [4.78, 5) is 26.7. The molecule has 0 bridgehead atoms. The quantitative estimate of drug-likeness (QED) is 0.826. The number of likely N-dealkylation sites (tertiary alicyclic amines) is 1. The molecule has 1 unspecified atom stereocenters. The summed E-state index contributed by atoms with van der Waals surface area (Å²) in [6.07, 6.45) is 1.34. The number of anilines is 1. The molecule has 0 aliphatic carbocycles. The van der Waals surface area contributed by atoms with Crippen LogP contribution in [0.2, 0.25) is 5.02 Å². The first kappa shape index (κ1) is 19.4. The Balaban J connectivity index is 1.81. The summed E-state index contributed by atoms with van der Waals surface area (Å²) >= 11 is 6.18. The number of carbonyl (C=O) groups excluding carboxylic acids is 2. The minimum Gasteiger partial charge on any atom is -0.369 e. The normalized spacial score (nSPS) is 16.7. The molecule has 3 rings (SSSR count). The zero-order chi connectivity index (χ0) is 19.4. The number of amides is 2. The summed E-state index contributed by atoms with van der Waals surface area (Å²) in [6.45, 7) is 3.22. The first-order chi connectivity index (χ1) is 13.0. The molecular formula is C21H24ClN3O2. The molecule has 142 valence electrons. The van der Waals surface area contributed by atoms with Gasteiger partial charge in [-0.25, -0.2) is 0 Å². The van der Waals surface area contributed by atoms with Crippen LogP contribution in [0.15, 0.2) is 48.5 Å². The molecule has 1 heterocycles. The van der Waals surface area contributed by atoms with Crippen molar-refractivity contribution in [2.24, 2.45) is 11.7 Å². The van der Waals surface area contributed by atoms with Crippen LogP contribution in [0.25, 0.3) is 0 Å². The Kier molecular flexibility index (Phi) is 6.14. The molecule has 3 N–H and O–H groups in total. The molecule has 5 nitrogen and oxygen atoms in total. The van der Waals surface area contributed by atoms with Gasteiger partial charge in [0.05, 0.1) is 0 Å². The average molecular weight is 386 g/mol. The van der Waals surface area contributed by atoms with Gasteiger partial charge in [-0.1, -0.05) is 48.0 Å². The van der Waals surface area contributed by atoms with E-state index in [2.05, 4.69) is 10.2 Å². The molecular weight excluding hydrogens is 362 g/mol. The van der Waals surface area contributed by atoms with Gasteiger partial charge in [-0.2, -0.15) is 0 Å². The number of benzene rings is 2. The van der Waals surface area contributed by atoms with Crippen molar-refractivity contribution in [3.8, 4) is 0 Å². The van der Waals surface area contributed by atoms with Crippen LogP contribution in [0.1, 0.15) is 30.0 Å². The minimum absolute atomic E-state index is 0.112. The highest BCUT2D eigenvalue weighted by atomic mass is 35.5. The third-order valence-electron chi connectivity index (χ3n) is 5.10. The maximum atomic E-state index is 13.1. The standard InChI is InChI=1S/C21H24ClN3O2/c1-14-7-8-17(13-18(14)22)24-21(27)19(15-5-3-2-4-6-15)25-11-9-16(10-12-25)20(23)26/h2-8,13,16,19H,9-12H2,1H3,(H2,23,26)(H,24,27). The number of nitrogens with one attached hydrogen (secondary N) is 1. The van der Waals surface area contributed by atoms with Crippen molar-refractivity contribution < 1.29 is 9.59 Å². The highest BCUT2D eigenvalue weighted by Crippen LogP contribution is 2.29. The summed E-state index contributed by atoms with van der Waals surface area (Å²) in [6, 6.07) is 14.7. The van der Waals surface area contributed by atoms with Crippen LogP contribution in [0.3, 0.4) is 0 Å². The number of carbonyl (C=O) groups is 2. The van der Waals surface area contributed by atoms with Crippen molar-refractivity contribution in [3.05, 3.63) is 64.7 Å². The minimum atomic E-state index is -0.430. The van der Waals surface area contributed by atoms with E-state index in [4.69, 9.17) is 17.3 Å². The maximum Gasteiger partial charge on any atom is 0.246 e. The molecule has 1 aliphatic heterocycles. The average Bonchev–Trinajstić information content (AvgIpc) is 2.66. The fraction of sp³-hybridized carbons (Fsp3) is 0.333. The van der Waals surface area contributed by atoms with Crippen LogP contribution in [-0.2, 0) is 9.59 Å². The number of nitrogens with two attached hydrogens (primary N) is 1. The van der Waals surface area contributed by atoms with Gasteiger partial charge in [0, 0.05) is 16.6 Å². The lowest BCUT2D eigenvalue weighted by molar-refractivity contribution is -0.125. The van der Waals surface area contributed by atoms with Crippen LogP contribution in [-0.4, -0.2) is 29.8 Å². The molecule has 1 fully saturated rings. The summed E-state index contributed by atoms with van der Waals surface area (Å²) in [5.74, 6) is -0.486. The summed E-state index contributed by atoms with van der Waals surface area (Å²) in [5.41, 5.74) is 7.99. The topological polar surface area (TPSA) is 75.4 Å². The number of piperidine rings is 1. The van der Waals surface area contributed by atoms with Crippen LogP contribution >= 0.6 is 11.6 Å². The highest BCUT2D eigenvalue weighted by molar-refractivity contribution is 6.31. The molecule has 0 spiro atoms. The Morgan fingerprint density at radius 2 is 1.81 bits per heavy atom. The van der Waals surface area contributed by atoms with Gasteiger partial charge in [0.25, 0.3) is 0 Å². The lowest BCUT2D eigenvalue weighted by Gasteiger charge is -2.36. The van der Waals surface area contributed by atoms with E-state index in [1.807, 2.05) is 49.4 Å². The van der Waals surface area contributed by atoms with E-state index in [0.717, 1.165) is 11.1 Å². The summed E-state index contributed by atoms with van der Waals surface area (Å²) in [5, 5.41) is 3.60. The largest absolute Gasteiger partial charge is 0.369 e. The third-order valence-corrected chi connectivity index (χ3v) is 5.51. The summed E-state index contributed by atoms with van der Waals surface area (Å²) in [7, 11) is 0. The van der Waals surface area contributed by atoms with Crippen molar-refractivity contribution in [1.82, 2.24) is 4.90 Å². The van der Waals surface area contributed by atoms with E-state index in [9.17, 15) is 9.59 Å². The van der Waals surface area contributed by atoms with E-state index in [-0.39, 0.29) is 17.7 Å². The van der Waals surface area contributed by atoms with E-state index in [1.54, 1.807) is 6.07 Å². The second-order valence-electron chi connectivity index (χ2n) is 6.98. The van der Waals surface area contributed by atoms with Gasteiger partial charge in [0.1, 0.15) is 6.04 Å². The molecule has 0 aromatic heterocycles. The van der Waals surface area contributed by atoms with E-state index >= 15 is 0 Å². The van der Waals surface area contributed by atoms with Gasteiger partial charge in [-0.05, 0) is 56.1 Å². The predicted octanol–water partition coefficient (Wildman–Crippen LogP) is 3.53. The molecule has 1 atom stereocenters. The van der Waals surface area contributed by atoms with E-state index < -0.39 is 6.04 Å². The fourth-order valence-electron chi connectivity index (χ4n) is 3.49. The molecule has 1 aliphatic rings. The van der Waals surface area contributed by atoms with Crippen LogP contribution < -0.4 is 11.1 Å². The third kappa shape index (κ3) is 4.67. The second kappa shape index (κ2) is 8.55. The number of hydrogen-bond donors (Lipinski definition) is 2. The molecule has 2 amide bonds. The van der Waals surface area contributed by atoms with Crippen molar-refractivity contribution in [3.63, 3.8) is 0 Å². The lowest BCUT2D eigenvalue weighted by atomic mass is 9.93. The van der Waals surface area contributed by atoms with Gasteiger partial charge >= 0.3 is 0 Å². The Labute approximate surface area is 164 Å². The molecule has 2 aromatic carbocycles. The van der Waals surface area contributed by atoms with Crippen molar-refractivity contribution in [1.29, 1.82) is 0 Å². The Morgan fingerprint density at radius 1 is 1.15 bits per heavy atom. The predicted molar refractivity (Wildman–Crippen MR) is 107 cm³/mol. The molecule has 2 aromatic rings. The number of hydrogen-bond acceptors (Lipinski definition) is 3. The SMILES string of the molecule is Cc1ccc(NC(=O)C(c2ccccc2)N2CCC(C(N)=O)CC2)cc1Cl. The Bertz CT molecular complexity index is 817. The van der Waals surface area contributed by atoms with Crippen LogP contribution in [0.5, 0.6) is 0 Å². The first-order valence-electron chi connectivity index (χ1n) is 9.11. The molecule has 1 saturated heterocycles. The zero-order valence-corrected chi connectivity index (χ0v) is 16.1. The highest BCUT2D eigenvalue weighted by Gasteiger charge is 2.32. The monoisotopic (exact) mass is 385 g/mol. The molecule has 27 heavy (non-hydrogen) atoms. The van der Waals surface area contributed by atoms with Gasteiger partial charge in [-0.3, -0.25) is 14.5 Å². The fourth-order valence-corrected chi connectivity index (χ4v) is 3.67. The molecule has 0 saturated carbocycles. The van der Waals surface area contributed by atoms with Crippen molar-refractivity contribution >= 4 is 29.1 Å². The Morgan fingerprint density at radius 3 is 2.41 bits per heavy atom. The summed E-state index contributed by atoms with van der Waals surface area (Å²) < 4.78 is 0. The van der Waals surface area contributed by atoms with Crippen LogP contribution in [0.4, 0.5) is 5.69 Å². The number of aryl methyl sites for hydroxylation is 1. The van der Waals surface area contributed by atoms with Crippen LogP contribution in [0, 0.1) is 12.8 Å². The lowest BCUT2D eigenvalue weighted by Crippen LogP contribution is -2.44. The maximum absolute atomic E-state index is 13.1. The second-order valence-corrected chi connectivity index (χ2v) is 7.39. The Hall–Kier alpha value is -2.37. The van der Waals surface area contributed by atoms with Gasteiger partial charge in [0.2, 0.25) is 11.8 Å². The van der Waals surface area contributed by atoms with Gasteiger partial charge in [-0.15, -0.1) is 0 Å². The molecule has 0 radical (unpaired) electrons. The molecule has 6 heteroatoms. The van der Waals surface area contributed by atoms with Gasteiger partial charge in [0.15, 0.2) is 0 Å².